The van der Waals surface area contributed by atoms with E-state index in [0.29, 0.717) is 50.7 Å². The number of anilines is 1. The Bertz CT molecular complexity index is 894. The number of amides is 1. The predicted octanol–water partition coefficient (Wildman–Crippen LogP) is 0.856. The van der Waals surface area contributed by atoms with Crippen molar-refractivity contribution in [3.63, 3.8) is 0 Å². The van der Waals surface area contributed by atoms with E-state index in [4.69, 9.17) is 9.88 Å². The van der Waals surface area contributed by atoms with Crippen molar-refractivity contribution in [1.82, 2.24) is 9.88 Å². The number of nitrogens with zero attached hydrogens (tertiary/aromatic N) is 2. The number of benzene rings is 1. The van der Waals surface area contributed by atoms with Gasteiger partial charge in [0.1, 0.15) is 5.82 Å². The van der Waals surface area contributed by atoms with Crippen molar-refractivity contribution in [2.45, 2.75) is 11.3 Å². The fourth-order valence-electron chi connectivity index (χ4n) is 2.79. The van der Waals surface area contributed by atoms with Crippen LogP contribution in [0, 0.1) is 0 Å². The van der Waals surface area contributed by atoms with Crippen molar-refractivity contribution < 1.29 is 17.9 Å². The standard InChI is InChI=1S/C18H22N4O4S/c19-27(24,25)16-3-1-14(2-4-16)5-7-20-17-13-15(6-8-21-17)18(23)22-9-11-26-12-10-22/h1-4,6,8,13H,5,7,9-12H2,(H,20,21)(H2,19,24,25). The molecule has 144 valence electrons. The Balaban J connectivity index is 1.56. The molecule has 0 radical (unpaired) electrons. The van der Waals surface area contributed by atoms with Crippen LogP contribution in [0.3, 0.4) is 0 Å². The molecule has 0 aliphatic carbocycles. The van der Waals surface area contributed by atoms with Crippen LogP contribution < -0.4 is 10.5 Å². The number of carbonyl (C=O) groups is 1. The van der Waals surface area contributed by atoms with Gasteiger partial charge in [0.05, 0.1) is 18.1 Å². The first kappa shape index (κ1) is 19.3. The highest BCUT2D eigenvalue weighted by Crippen LogP contribution is 2.12. The van der Waals surface area contributed by atoms with Gasteiger partial charge in [-0.3, -0.25) is 4.79 Å². The van der Waals surface area contributed by atoms with Crippen LogP contribution in [-0.4, -0.2) is 57.1 Å². The molecule has 1 aliphatic heterocycles. The molecule has 0 saturated carbocycles. The Labute approximate surface area is 158 Å². The summed E-state index contributed by atoms with van der Waals surface area (Å²) in [5.74, 6) is 0.595. The van der Waals surface area contributed by atoms with Gasteiger partial charge in [-0.05, 0) is 36.2 Å². The number of pyridine rings is 1. The number of aromatic nitrogens is 1. The molecule has 9 heteroatoms. The van der Waals surface area contributed by atoms with Gasteiger partial charge in [0, 0.05) is 31.4 Å². The number of rotatable bonds is 6. The molecule has 2 heterocycles. The molecule has 3 N–H and O–H groups in total. The van der Waals surface area contributed by atoms with Crippen molar-refractivity contribution in [1.29, 1.82) is 0 Å². The number of morpholine rings is 1. The summed E-state index contributed by atoms with van der Waals surface area (Å²) in [6.07, 6.45) is 2.28. The van der Waals surface area contributed by atoms with Crippen LogP contribution in [0.4, 0.5) is 5.82 Å². The molecular formula is C18H22N4O4S. The number of carbonyl (C=O) groups excluding carboxylic acids is 1. The number of hydrogen-bond donors (Lipinski definition) is 2. The van der Waals surface area contributed by atoms with E-state index in [1.54, 1.807) is 35.4 Å². The van der Waals surface area contributed by atoms with Gasteiger partial charge in [-0.1, -0.05) is 12.1 Å². The first-order chi connectivity index (χ1) is 12.9. The maximum atomic E-state index is 12.5. The average molecular weight is 390 g/mol. The van der Waals surface area contributed by atoms with Gasteiger partial charge in [0.25, 0.3) is 5.91 Å². The lowest BCUT2D eigenvalue weighted by Gasteiger charge is -2.26. The van der Waals surface area contributed by atoms with Gasteiger partial charge in [-0.2, -0.15) is 0 Å². The maximum Gasteiger partial charge on any atom is 0.254 e. The zero-order chi connectivity index (χ0) is 19.3. The van der Waals surface area contributed by atoms with E-state index in [0.717, 1.165) is 5.56 Å². The minimum atomic E-state index is -3.67. The highest BCUT2D eigenvalue weighted by molar-refractivity contribution is 7.89. The lowest BCUT2D eigenvalue weighted by molar-refractivity contribution is 0.0303. The fraction of sp³-hybridized carbons (Fsp3) is 0.333. The van der Waals surface area contributed by atoms with Gasteiger partial charge in [-0.25, -0.2) is 18.5 Å². The van der Waals surface area contributed by atoms with E-state index in [9.17, 15) is 13.2 Å². The molecule has 27 heavy (non-hydrogen) atoms. The molecular weight excluding hydrogens is 368 g/mol. The zero-order valence-corrected chi connectivity index (χ0v) is 15.6. The SMILES string of the molecule is NS(=O)(=O)c1ccc(CCNc2cc(C(=O)N3CCOCC3)ccn2)cc1. The van der Waals surface area contributed by atoms with E-state index in [-0.39, 0.29) is 10.8 Å². The molecule has 0 atom stereocenters. The van der Waals surface area contributed by atoms with Crippen molar-refractivity contribution in [2.24, 2.45) is 5.14 Å². The monoisotopic (exact) mass is 390 g/mol. The van der Waals surface area contributed by atoms with E-state index in [1.807, 2.05) is 0 Å². The predicted molar refractivity (Wildman–Crippen MR) is 101 cm³/mol. The number of hydrogen-bond acceptors (Lipinski definition) is 6. The molecule has 1 saturated heterocycles. The second-order valence-corrected chi connectivity index (χ2v) is 7.76. The summed E-state index contributed by atoms with van der Waals surface area (Å²) in [6, 6.07) is 9.88. The van der Waals surface area contributed by atoms with Crippen molar-refractivity contribution in [3.8, 4) is 0 Å². The molecule has 0 spiro atoms. The lowest BCUT2D eigenvalue weighted by atomic mass is 10.1. The Hall–Kier alpha value is -2.49. The summed E-state index contributed by atoms with van der Waals surface area (Å²) >= 11 is 0. The third-order valence-electron chi connectivity index (χ3n) is 4.28. The number of primary sulfonamides is 1. The molecule has 1 aromatic carbocycles. The van der Waals surface area contributed by atoms with E-state index in [1.165, 1.54) is 12.1 Å². The van der Waals surface area contributed by atoms with E-state index in [2.05, 4.69) is 10.3 Å². The summed E-state index contributed by atoms with van der Waals surface area (Å²) in [7, 11) is -3.67. The van der Waals surface area contributed by atoms with Crippen LogP contribution in [0.1, 0.15) is 15.9 Å². The lowest BCUT2D eigenvalue weighted by Crippen LogP contribution is -2.40. The largest absolute Gasteiger partial charge is 0.378 e. The quantitative estimate of drug-likeness (QED) is 0.756. The summed E-state index contributed by atoms with van der Waals surface area (Å²) in [6.45, 7) is 2.91. The van der Waals surface area contributed by atoms with E-state index < -0.39 is 10.0 Å². The van der Waals surface area contributed by atoms with Crippen LogP contribution in [0.25, 0.3) is 0 Å². The molecule has 8 nitrogen and oxygen atoms in total. The third kappa shape index (κ3) is 5.25. The number of nitrogens with two attached hydrogens (primary N) is 1. The first-order valence-corrected chi connectivity index (χ1v) is 10.2. The molecule has 3 rings (SSSR count). The highest BCUT2D eigenvalue weighted by atomic mass is 32.2. The molecule has 1 amide bonds. The topological polar surface area (TPSA) is 115 Å². The van der Waals surface area contributed by atoms with Gasteiger partial charge in [0.15, 0.2) is 0 Å². The van der Waals surface area contributed by atoms with Gasteiger partial charge >= 0.3 is 0 Å². The number of sulfonamides is 1. The maximum absolute atomic E-state index is 12.5. The third-order valence-corrected chi connectivity index (χ3v) is 5.21. The molecule has 2 aromatic rings. The first-order valence-electron chi connectivity index (χ1n) is 8.62. The second kappa shape index (κ2) is 8.47. The fourth-order valence-corrected chi connectivity index (χ4v) is 3.31. The van der Waals surface area contributed by atoms with Crippen LogP contribution in [-0.2, 0) is 21.2 Å². The number of ether oxygens (including phenoxy) is 1. The summed E-state index contributed by atoms with van der Waals surface area (Å²) in [5, 5.41) is 8.28. The zero-order valence-electron chi connectivity index (χ0n) is 14.8. The van der Waals surface area contributed by atoms with Gasteiger partial charge in [0.2, 0.25) is 10.0 Å². The normalized spacial score (nSPS) is 14.8. The van der Waals surface area contributed by atoms with Crippen molar-refractivity contribution in [2.75, 3.05) is 38.2 Å². The summed E-state index contributed by atoms with van der Waals surface area (Å²) in [4.78, 5) is 18.6. The minimum absolute atomic E-state index is 0.0256. The van der Waals surface area contributed by atoms with Crippen LogP contribution >= 0.6 is 0 Å². The Morgan fingerprint density at radius 2 is 1.89 bits per heavy atom. The summed E-state index contributed by atoms with van der Waals surface area (Å²) in [5.41, 5.74) is 1.56. The van der Waals surface area contributed by atoms with Gasteiger partial charge in [-0.15, -0.1) is 0 Å². The Morgan fingerprint density at radius 1 is 1.19 bits per heavy atom. The molecule has 1 aliphatic rings. The van der Waals surface area contributed by atoms with Gasteiger partial charge < -0.3 is 15.0 Å². The Morgan fingerprint density at radius 3 is 2.56 bits per heavy atom. The average Bonchev–Trinajstić information content (AvgIpc) is 2.68. The minimum Gasteiger partial charge on any atom is -0.378 e. The second-order valence-electron chi connectivity index (χ2n) is 6.20. The van der Waals surface area contributed by atoms with E-state index >= 15 is 0 Å². The van der Waals surface area contributed by atoms with Crippen LogP contribution in [0.5, 0.6) is 0 Å². The van der Waals surface area contributed by atoms with Crippen LogP contribution in [0.2, 0.25) is 0 Å². The number of nitrogens with one attached hydrogen (secondary N) is 1. The summed E-state index contributed by atoms with van der Waals surface area (Å²) < 4.78 is 27.8. The van der Waals surface area contributed by atoms with Crippen molar-refractivity contribution >= 4 is 21.7 Å². The highest BCUT2D eigenvalue weighted by Gasteiger charge is 2.18. The molecule has 0 bridgehead atoms. The molecule has 0 unspecified atom stereocenters. The molecule has 1 aromatic heterocycles. The molecule has 1 fully saturated rings. The Kier molecular flexibility index (Phi) is 6.04. The smallest absolute Gasteiger partial charge is 0.254 e. The van der Waals surface area contributed by atoms with Crippen LogP contribution in [0.15, 0.2) is 47.5 Å². The van der Waals surface area contributed by atoms with Crippen molar-refractivity contribution in [3.05, 3.63) is 53.7 Å².